The molecule has 0 bridgehead atoms. The molecular weight excluding hydrogens is 500 g/mol. The van der Waals surface area contributed by atoms with E-state index in [2.05, 4.69) is 33.4 Å². The maximum Gasteiger partial charge on any atom is 0.259 e. The SMILES string of the molecule is C=CCC1CN(c2nc(NC(=O)c3cnc(Cl)cc3-c3ccc(C=C)cc3)cc(OC)n2)CCC1(F)F. The van der Waals surface area contributed by atoms with Crippen LogP contribution in [0.2, 0.25) is 5.15 Å². The van der Waals surface area contributed by atoms with E-state index in [-0.39, 0.29) is 54.3 Å². The van der Waals surface area contributed by atoms with E-state index in [4.69, 9.17) is 16.3 Å². The number of methoxy groups -OCH3 is 1. The Bertz CT molecular complexity index is 1320. The number of hydrogen-bond acceptors (Lipinski definition) is 6. The lowest BCUT2D eigenvalue weighted by Crippen LogP contribution is -2.47. The zero-order chi connectivity index (χ0) is 26.6. The number of amides is 1. The van der Waals surface area contributed by atoms with Gasteiger partial charge < -0.3 is 15.0 Å². The number of rotatable bonds is 8. The summed E-state index contributed by atoms with van der Waals surface area (Å²) in [7, 11) is 1.43. The zero-order valence-corrected chi connectivity index (χ0v) is 21.0. The van der Waals surface area contributed by atoms with Crippen LogP contribution in [0.4, 0.5) is 20.5 Å². The van der Waals surface area contributed by atoms with Crippen molar-refractivity contribution < 1.29 is 18.3 Å². The van der Waals surface area contributed by atoms with E-state index in [1.165, 1.54) is 25.4 Å². The molecule has 1 unspecified atom stereocenters. The first kappa shape index (κ1) is 26.2. The molecule has 1 atom stereocenters. The van der Waals surface area contributed by atoms with Crippen molar-refractivity contribution >= 4 is 35.4 Å². The second-order valence-electron chi connectivity index (χ2n) is 8.61. The number of ether oxygens (including phenoxy) is 1. The summed E-state index contributed by atoms with van der Waals surface area (Å²) in [6, 6.07) is 10.5. The molecule has 1 aromatic carbocycles. The zero-order valence-electron chi connectivity index (χ0n) is 20.3. The number of hydrogen-bond donors (Lipinski definition) is 1. The largest absolute Gasteiger partial charge is 0.481 e. The normalized spacial score (nSPS) is 16.6. The number of halogens is 3. The number of allylic oxidation sites excluding steroid dienone is 1. The molecule has 3 heterocycles. The van der Waals surface area contributed by atoms with Crippen LogP contribution in [0, 0.1) is 5.92 Å². The number of anilines is 2. The number of piperidine rings is 1. The fraction of sp³-hybridized carbons (Fsp3) is 0.259. The highest BCUT2D eigenvalue weighted by Crippen LogP contribution is 2.37. The minimum absolute atomic E-state index is 0.0472. The Hall–Kier alpha value is -3.85. The average molecular weight is 526 g/mol. The second-order valence-corrected chi connectivity index (χ2v) is 8.99. The lowest BCUT2D eigenvalue weighted by molar-refractivity contribution is -0.0710. The highest BCUT2D eigenvalue weighted by atomic mass is 35.5. The van der Waals surface area contributed by atoms with Gasteiger partial charge in [-0.2, -0.15) is 9.97 Å². The van der Waals surface area contributed by atoms with Crippen molar-refractivity contribution in [3.63, 3.8) is 0 Å². The molecule has 1 N–H and O–H groups in total. The molecule has 1 aliphatic heterocycles. The van der Waals surface area contributed by atoms with Gasteiger partial charge in [-0.15, -0.1) is 6.58 Å². The Balaban J connectivity index is 1.62. The molecule has 0 saturated carbocycles. The van der Waals surface area contributed by atoms with Gasteiger partial charge in [0.25, 0.3) is 11.8 Å². The Morgan fingerprint density at radius 3 is 2.70 bits per heavy atom. The van der Waals surface area contributed by atoms with Gasteiger partial charge >= 0.3 is 0 Å². The summed E-state index contributed by atoms with van der Waals surface area (Å²) < 4.78 is 34.0. The summed E-state index contributed by atoms with van der Waals surface area (Å²) in [5, 5.41) is 2.99. The number of carbonyl (C=O) groups is 1. The van der Waals surface area contributed by atoms with Crippen LogP contribution in [0.3, 0.4) is 0 Å². The smallest absolute Gasteiger partial charge is 0.259 e. The number of aromatic nitrogens is 3. The molecule has 0 radical (unpaired) electrons. The summed E-state index contributed by atoms with van der Waals surface area (Å²) in [5.74, 6) is -3.66. The lowest BCUT2D eigenvalue weighted by atomic mass is 9.91. The first-order valence-corrected chi connectivity index (χ1v) is 12.0. The van der Waals surface area contributed by atoms with E-state index in [1.807, 2.05) is 24.3 Å². The van der Waals surface area contributed by atoms with E-state index in [1.54, 1.807) is 17.0 Å². The third-order valence-electron chi connectivity index (χ3n) is 6.20. The Morgan fingerprint density at radius 2 is 2.03 bits per heavy atom. The van der Waals surface area contributed by atoms with Crippen molar-refractivity contribution in [1.82, 2.24) is 15.0 Å². The summed E-state index contributed by atoms with van der Waals surface area (Å²) in [6.07, 6.45) is 4.43. The van der Waals surface area contributed by atoms with E-state index in [9.17, 15) is 13.6 Å². The minimum Gasteiger partial charge on any atom is -0.481 e. The first-order valence-electron chi connectivity index (χ1n) is 11.6. The molecule has 4 rings (SSSR count). The average Bonchev–Trinajstić information content (AvgIpc) is 2.89. The van der Waals surface area contributed by atoms with Crippen molar-refractivity contribution in [2.45, 2.75) is 18.8 Å². The number of carbonyl (C=O) groups excluding carboxylic acids is 1. The van der Waals surface area contributed by atoms with Crippen LogP contribution >= 0.6 is 11.6 Å². The van der Waals surface area contributed by atoms with Gasteiger partial charge in [0.05, 0.1) is 12.7 Å². The van der Waals surface area contributed by atoms with Crippen molar-refractivity contribution in [2.24, 2.45) is 5.92 Å². The van der Waals surface area contributed by atoms with Gasteiger partial charge in [-0.25, -0.2) is 13.8 Å². The van der Waals surface area contributed by atoms with Gasteiger partial charge in [-0.1, -0.05) is 54.6 Å². The fourth-order valence-corrected chi connectivity index (χ4v) is 4.32. The predicted molar refractivity (Wildman–Crippen MR) is 141 cm³/mol. The van der Waals surface area contributed by atoms with Gasteiger partial charge in [0.2, 0.25) is 11.8 Å². The Morgan fingerprint density at radius 1 is 1.27 bits per heavy atom. The fourth-order valence-electron chi connectivity index (χ4n) is 4.16. The molecule has 1 amide bonds. The van der Waals surface area contributed by atoms with E-state index >= 15 is 0 Å². The van der Waals surface area contributed by atoms with Crippen LogP contribution < -0.4 is 15.0 Å². The highest BCUT2D eigenvalue weighted by Gasteiger charge is 2.43. The molecule has 192 valence electrons. The number of benzene rings is 1. The van der Waals surface area contributed by atoms with Crippen molar-refractivity contribution in [3.8, 4) is 17.0 Å². The third-order valence-corrected chi connectivity index (χ3v) is 6.41. The van der Waals surface area contributed by atoms with Gasteiger partial charge in [-0.3, -0.25) is 4.79 Å². The van der Waals surface area contributed by atoms with Crippen molar-refractivity contribution in [2.75, 3.05) is 30.4 Å². The van der Waals surface area contributed by atoms with Gasteiger partial charge in [-0.05, 0) is 29.2 Å². The predicted octanol–water partition coefficient (Wildman–Crippen LogP) is 6.13. The number of nitrogens with one attached hydrogen (secondary N) is 1. The van der Waals surface area contributed by atoms with E-state index in [0.717, 1.165) is 11.1 Å². The van der Waals surface area contributed by atoms with Crippen LogP contribution in [0.15, 0.2) is 61.8 Å². The van der Waals surface area contributed by atoms with Crippen LogP contribution in [-0.2, 0) is 0 Å². The number of alkyl halides is 2. The summed E-state index contributed by atoms with van der Waals surface area (Å²) in [5.41, 5.74) is 2.56. The standard InChI is InChI=1S/C27H26ClF2N5O2/c1-4-6-19-16-35(12-11-27(19,29)30)26-33-23(14-24(34-26)37-3)32-25(36)21-15-31-22(28)13-20(21)18-9-7-17(5-2)8-10-18/h4-5,7-10,13-15,19H,1-2,6,11-12,16H2,3H3,(H,32,33,34,36). The van der Waals surface area contributed by atoms with Gasteiger partial charge in [0.1, 0.15) is 11.0 Å². The van der Waals surface area contributed by atoms with Crippen LogP contribution in [0.5, 0.6) is 5.88 Å². The molecule has 10 heteroatoms. The molecule has 1 saturated heterocycles. The molecule has 2 aromatic heterocycles. The molecular formula is C27H26ClF2N5O2. The molecule has 37 heavy (non-hydrogen) atoms. The van der Waals surface area contributed by atoms with E-state index in [0.29, 0.717) is 5.56 Å². The molecule has 0 spiro atoms. The van der Waals surface area contributed by atoms with Crippen LogP contribution in [0.25, 0.3) is 17.2 Å². The monoisotopic (exact) mass is 525 g/mol. The molecule has 3 aromatic rings. The summed E-state index contributed by atoms with van der Waals surface area (Å²) in [4.78, 5) is 27.8. The second kappa shape index (κ2) is 11.0. The number of nitrogens with zero attached hydrogens (tertiary/aromatic N) is 4. The Kier molecular flexibility index (Phi) is 7.83. The van der Waals surface area contributed by atoms with Gasteiger partial charge in [0, 0.05) is 37.7 Å². The minimum atomic E-state index is -2.80. The molecule has 1 aliphatic rings. The van der Waals surface area contributed by atoms with Crippen LogP contribution in [-0.4, -0.2) is 47.0 Å². The first-order chi connectivity index (χ1) is 17.7. The van der Waals surface area contributed by atoms with Gasteiger partial charge in [0.15, 0.2) is 0 Å². The Labute approximate surface area is 218 Å². The third kappa shape index (κ3) is 5.94. The van der Waals surface area contributed by atoms with Crippen molar-refractivity contribution in [1.29, 1.82) is 0 Å². The topological polar surface area (TPSA) is 80.2 Å². The quantitative estimate of drug-likeness (QED) is 0.281. The molecule has 0 aliphatic carbocycles. The van der Waals surface area contributed by atoms with Crippen molar-refractivity contribution in [3.05, 3.63) is 78.1 Å². The molecule has 1 fully saturated rings. The molecule has 7 nitrogen and oxygen atoms in total. The van der Waals surface area contributed by atoms with E-state index < -0.39 is 17.7 Å². The van der Waals surface area contributed by atoms with Crippen LogP contribution in [0.1, 0.15) is 28.8 Å². The maximum absolute atomic E-state index is 14.4. The summed E-state index contributed by atoms with van der Waals surface area (Å²) in [6.45, 7) is 7.46. The lowest BCUT2D eigenvalue weighted by Gasteiger charge is -2.38. The summed E-state index contributed by atoms with van der Waals surface area (Å²) >= 11 is 6.13. The highest BCUT2D eigenvalue weighted by molar-refractivity contribution is 6.30. The maximum atomic E-state index is 14.4. The number of pyridine rings is 1.